The van der Waals surface area contributed by atoms with Gasteiger partial charge in [0.1, 0.15) is 0 Å². The Kier molecular flexibility index (Phi) is 3.54. The topological polar surface area (TPSA) is 78.1 Å². The van der Waals surface area contributed by atoms with Gasteiger partial charge in [-0.05, 0) is 18.2 Å². The Bertz CT molecular complexity index is 687. The van der Waals surface area contributed by atoms with E-state index in [2.05, 4.69) is 15.3 Å². The molecule has 2 heterocycles. The van der Waals surface area contributed by atoms with Crippen LogP contribution in [0.5, 0.6) is 0 Å². The van der Waals surface area contributed by atoms with Crippen molar-refractivity contribution in [2.75, 3.05) is 18.8 Å². The van der Waals surface area contributed by atoms with Crippen LogP contribution in [0, 0.1) is 0 Å². The number of fused-ring (bicyclic) bond motifs is 1. The highest BCUT2D eigenvalue weighted by Crippen LogP contribution is 2.22. The van der Waals surface area contributed by atoms with Gasteiger partial charge in [-0.15, -0.1) is 0 Å². The van der Waals surface area contributed by atoms with Crippen LogP contribution in [-0.2, 0) is 4.79 Å². The van der Waals surface area contributed by atoms with Crippen molar-refractivity contribution >= 4 is 46.3 Å². The number of imidazole rings is 1. The van der Waals surface area contributed by atoms with E-state index in [0.717, 1.165) is 11.0 Å². The number of rotatable bonds is 3. The van der Waals surface area contributed by atoms with E-state index in [-0.39, 0.29) is 17.7 Å². The van der Waals surface area contributed by atoms with Crippen LogP contribution in [0.2, 0.25) is 5.02 Å². The number of thioether (sulfide) groups is 1. The molecule has 2 aromatic rings. The molecule has 0 atom stereocenters. The number of hydrogen-bond donors (Lipinski definition) is 2. The van der Waals surface area contributed by atoms with Gasteiger partial charge in [0.05, 0.1) is 16.8 Å². The number of carbonyl (C=O) groups excluding carboxylic acids is 2. The monoisotopic (exact) mass is 310 g/mol. The number of aromatic amines is 1. The van der Waals surface area contributed by atoms with Gasteiger partial charge in [0.15, 0.2) is 5.16 Å². The van der Waals surface area contributed by atoms with E-state index in [1.807, 2.05) is 6.07 Å². The van der Waals surface area contributed by atoms with Crippen LogP contribution in [-0.4, -0.2) is 45.6 Å². The Morgan fingerprint density at radius 1 is 1.50 bits per heavy atom. The molecule has 1 aliphatic heterocycles. The summed E-state index contributed by atoms with van der Waals surface area (Å²) in [5.41, 5.74) is 1.62. The fraction of sp³-hybridized carbons (Fsp3) is 0.250. The lowest BCUT2D eigenvalue weighted by Gasteiger charge is -2.10. The maximum Gasteiger partial charge on any atom is 0.324 e. The Balaban J connectivity index is 1.67. The van der Waals surface area contributed by atoms with Gasteiger partial charge in [-0.3, -0.25) is 9.69 Å². The van der Waals surface area contributed by atoms with E-state index in [0.29, 0.717) is 23.3 Å². The molecule has 1 aromatic heterocycles. The van der Waals surface area contributed by atoms with Crippen molar-refractivity contribution in [1.29, 1.82) is 0 Å². The standard InChI is InChI=1S/C12H11ClN4O2S/c13-7-1-2-8-9(5-7)16-11(15-8)20-6-10(18)17-4-3-14-12(17)19/h1-2,5H,3-4,6H2,(H,14,19)(H,15,16). The van der Waals surface area contributed by atoms with Gasteiger partial charge in [-0.1, -0.05) is 23.4 Å². The van der Waals surface area contributed by atoms with Gasteiger partial charge in [0, 0.05) is 18.1 Å². The van der Waals surface area contributed by atoms with E-state index in [1.165, 1.54) is 16.7 Å². The molecule has 1 fully saturated rings. The smallest absolute Gasteiger partial charge is 0.324 e. The number of urea groups is 1. The van der Waals surface area contributed by atoms with Gasteiger partial charge in [-0.2, -0.15) is 0 Å². The van der Waals surface area contributed by atoms with Crippen molar-refractivity contribution in [3.05, 3.63) is 23.2 Å². The summed E-state index contributed by atoms with van der Waals surface area (Å²) in [7, 11) is 0. The SMILES string of the molecule is O=C(CSc1nc2ccc(Cl)cc2[nH]1)N1CCNC1=O. The second kappa shape index (κ2) is 5.34. The average Bonchev–Trinajstić information content (AvgIpc) is 3.01. The van der Waals surface area contributed by atoms with Crippen molar-refractivity contribution in [2.45, 2.75) is 5.16 Å². The van der Waals surface area contributed by atoms with Gasteiger partial charge in [0.25, 0.3) is 0 Å². The molecule has 1 aliphatic rings. The highest BCUT2D eigenvalue weighted by molar-refractivity contribution is 7.99. The summed E-state index contributed by atoms with van der Waals surface area (Å²) in [4.78, 5) is 31.9. The van der Waals surface area contributed by atoms with Gasteiger partial charge in [-0.25, -0.2) is 9.78 Å². The van der Waals surface area contributed by atoms with Crippen molar-refractivity contribution < 1.29 is 9.59 Å². The largest absolute Gasteiger partial charge is 0.336 e. The molecule has 1 saturated heterocycles. The number of carbonyl (C=O) groups is 2. The third-order valence-electron chi connectivity index (χ3n) is 2.91. The second-order valence-corrected chi connectivity index (χ2v) is 5.67. The molecular weight excluding hydrogens is 300 g/mol. The van der Waals surface area contributed by atoms with Crippen LogP contribution < -0.4 is 5.32 Å². The number of imide groups is 1. The van der Waals surface area contributed by atoms with Gasteiger partial charge >= 0.3 is 6.03 Å². The minimum Gasteiger partial charge on any atom is -0.336 e. The molecular formula is C12H11ClN4O2S. The number of benzene rings is 1. The molecule has 0 aliphatic carbocycles. The number of H-pyrrole nitrogens is 1. The number of amides is 3. The summed E-state index contributed by atoms with van der Waals surface area (Å²) in [6, 6.07) is 5.03. The number of nitrogens with one attached hydrogen (secondary N) is 2. The van der Waals surface area contributed by atoms with Crippen molar-refractivity contribution in [1.82, 2.24) is 20.2 Å². The zero-order valence-corrected chi connectivity index (χ0v) is 11.9. The Hall–Kier alpha value is -1.73. The van der Waals surface area contributed by atoms with E-state index in [4.69, 9.17) is 11.6 Å². The van der Waals surface area contributed by atoms with Crippen LogP contribution in [0.15, 0.2) is 23.4 Å². The number of aromatic nitrogens is 2. The molecule has 2 N–H and O–H groups in total. The lowest BCUT2D eigenvalue weighted by molar-refractivity contribution is -0.124. The van der Waals surface area contributed by atoms with Crippen LogP contribution in [0.3, 0.4) is 0 Å². The molecule has 104 valence electrons. The van der Waals surface area contributed by atoms with Crippen LogP contribution >= 0.6 is 23.4 Å². The Morgan fingerprint density at radius 2 is 2.35 bits per heavy atom. The van der Waals surface area contributed by atoms with Crippen LogP contribution in [0.1, 0.15) is 0 Å². The molecule has 0 saturated carbocycles. The summed E-state index contributed by atoms with van der Waals surface area (Å²) < 4.78 is 0. The number of hydrogen-bond acceptors (Lipinski definition) is 4. The van der Waals surface area contributed by atoms with E-state index in [1.54, 1.807) is 12.1 Å². The second-order valence-electron chi connectivity index (χ2n) is 4.27. The molecule has 3 rings (SSSR count). The first-order chi connectivity index (χ1) is 9.63. The quantitative estimate of drug-likeness (QED) is 0.848. The molecule has 0 spiro atoms. The van der Waals surface area contributed by atoms with Crippen molar-refractivity contribution in [2.24, 2.45) is 0 Å². The lowest BCUT2D eigenvalue weighted by atomic mass is 10.3. The first-order valence-electron chi connectivity index (χ1n) is 6.00. The van der Waals surface area contributed by atoms with Gasteiger partial charge in [0.2, 0.25) is 5.91 Å². The van der Waals surface area contributed by atoms with Crippen LogP contribution in [0.25, 0.3) is 11.0 Å². The van der Waals surface area contributed by atoms with Crippen LogP contribution in [0.4, 0.5) is 4.79 Å². The molecule has 0 radical (unpaired) electrons. The summed E-state index contributed by atoms with van der Waals surface area (Å²) >= 11 is 7.17. The fourth-order valence-electron chi connectivity index (χ4n) is 1.94. The summed E-state index contributed by atoms with van der Waals surface area (Å²) in [6.45, 7) is 0.937. The van der Waals surface area contributed by atoms with Gasteiger partial charge < -0.3 is 10.3 Å². The lowest BCUT2D eigenvalue weighted by Crippen LogP contribution is -2.35. The molecule has 20 heavy (non-hydrogen) atoms. The maximum atomic E-state index is 11.9. The van der Waals surface area contributed by atoms with E-state index >= 15 is 0 Å². The first kappa shape index (κ1) is 13.3. The molecule has 8 heteroatoms. The summed E-state index contributed by atoms with van der Waals surface area (Å²) in [5.74, 6) is -0.0514. The number of halogens is 1. The van der Waals surface area contributed by atoms with Crippen molar-refractivity contribution in [3.63, 3.8) is 0 Å². The third-order valence-corrected chi connectivity index (χ3v) is 4.01. The summed E-state index contributed by atoms with van der Waals surface area (Å²) in [5, 5.41) is 3.86. The highest BCUT2D eigenvalue weighted by Gasteiger charge is 2.25. The summed E-state index contributed by atoms with van der Waals surface area (Å²) in [6.07, 6.45) is 0. The maximum absolute atomic E-state index is 11.9. The average molecular weight is 311 g/mol. The van der Waals surface area contributed by atoms with E-state index < -0.39 is 0 Å². The molecule has 0 bridgehead atoms. The van der Waals surface area contributed by atoms with Crippen molar-refractivity contribution in [3.8, 4) is 0 Å². The number of nitrogens with zero attached hydrogens (tertiary/aromatic N) is 2. The zero-order valence-electron chi connectivity index (χ0n) is 10.4. The molecule has 1 aromatic carbocycles. The molecule has 3 amide bonds. The normalized spacial score (nSPS) is 14.8. The first-order valence-corrected chi connectivity index (χ1v) is 7.36. The Labute approximate surface area is 123 Å². The highest BCUT2D eigenvalue weighted by atomic mass is 35.5. The minimum atomic E-state index is -0.327. The Morgan fingerprint density at radius 3 is 3.10 bits per heavy atom. The minimum absolute atomic E-state index is 0.168. The predicted octanol–water partition coefficient (Wildman–Crippen LogP) is 1.86. The third kappa shape index (κ3) is 2.59. The zero-order chi connectivity index (χ0) is 14.1. The molecule has 0 unspecified atom stereocenters. The fourth-order valence-corrected chi connectivity index (χ4v) is 2.88. The van der Waals surface area contributed by atoms with E-state index in [9.17, 15) is 9.59 Å². The predicted molar refractivity (Wildman–Crippen MR) is 76.9 cm³/mol. The molecule has 6 nitrogen and oxygen atoms in total.